The molecule has 0 amide bonds. The normalized spacial score (nSPS) is 11.3. The van der Waals surface area contributed by atoms with Gasteiger partial charge in [-0.2, -0.15) is 0 Å². The summed E-state index contributed by atoms with van der Waals surface area (Å²) in [7, 11) is 0. The summed E-state index contributed by atoms with van der Waals surface area (Å²) < 4.78 is 6.26. The van der Waals surface area contributed by atoms with Crippen LogP contribution in [-0.2, 0) is 0 Å². The molecule has 10 rings (SSSR count). The van der Waals surface area contributed by atoms with Crippen molar-refractivity contribution in [3.8, 4) is 44.5 Å². The second kappa shape index (κ2) is 13.4. The van der Waals surface area contributed by atoms with Crippen molar-refractivity contribution < 1.29 is 4.42 Å². The molecular formula is C52H35NO. The van der Waals surface area contributed by atoms with Gasteiger partial charge in [0.25, 0.3) is 0 Å². The number of rotatable bonds is 7. The van der Waals surface area contributed by atoms with Gasteiger partial charge in [-0.25, -0.2) is 0 Å². The highest BCUT2D eigenvalue weighted by Gasteiger charge is 2.19. The third-order valence-electron chi connectivity index (χ3n) is 10.5. The lowest BCUT2D eigenvalue weighted by Crippen LogP contribution is -2.11. The van der Waals surface area contributed by atoms with E-state index < -0.39 is 0 Å². The highest BCUT2D eigenvalue weighted by Crippen LogP contribution is 2.44. The van der Waals surface area contributed by atoms with Crippen LogP contribution in [0.3, 0.4) is 0 Å². The summed E-state index contributed by atoms with van der Waals surface area (Å²) in [5.41, 5.74) is 14.6. The summed E-state index contributed by atoms with van der Waals surface area (Å²) in [6.07, 6.45) is 0. The van der Waals surface area contributed by atoms with Gasteiger partial charge in [0.15, 0.2) is 0 Å². The molecule has 0 N–H and O–H groups in total. The minimum absolute atomic E-state index is 0.912. The second-order valence-corrected chi connectivity index (χ2v) is 13.7. The highest BCUT2D eigenvalue weighted by atomic mass is 16.3. The third-order valence-corrected chi connectivity index (χ3v) is 10.5. The zero-order chi connectivity index (χ0) is 35.8. The van der Waals surface area contributed by atoms with Crippen LogP contribution in [0.2, 0.25) is 0 Å². The second-order valence-electron chi connectivity index (χ2n) is 13.7. The molecular weight excluding hydrogens is 655 g/mol. The Hall–Kier alpha value is -7.16. The molecule has 2 nitrogen and oxygen atoms in total. The molecule has 0 aliphatic rings. The van der Waals surface area contributed by atoms with E-state index >= 15 is 0 Å². The van der Waals surface area contributed by atoms with Gasteiger partial charge in [-0.05, 0) is 104 Å². The summed E-state index contributed by atoms with van der Waals surface area (Å²) in [6, 6.07) is 76.0. The number of furan rings is 1. The first-order valence-electron chi connectivity index (χ1n) is 18.4. The van der Waals surface area contributed by atoms with Gasteiger partial charge in [0.2, 0.25) is 0 Å². The number of benzene rings is 9. The monoisotopic (exact) mass is 689 g/mol. The Kier molecular flexibility index (Phi) is 7.85. The molecule has 1 heterocycles. The summed E-state index contributed by atoms with van der Waals surface area (Å²) in [5.74, 6) is 0. The topological polar surface area (TPSA) is 16.4 Å². The van der Waals surface area contributed by atoms with Crippen molar-refractivity contribution in [2.75, 3.05) is 4.90 Å². The minimum atomic E-state index is 0.912. The Bertz CT molecular complexity index is 2890. The van der Waals surface area contributed by atoms with Gasteiger partial charge in [0.1, 0.15) is 11.2 Å². The smallest absolute Gasteiger partial charge is 0.136 e. The number of hydrogen-bond donors (Lipinski definition) is 0. The van der Waals surface area contributed by atoms with Gasteiger partial charge in [0, 0.05) is 27.7 Å². The molecule has 0 unspecified atom stereocenters. The van der Waals surface area contributed by atoms with Crippen molar-refractivity contribution in [1.82, 2.24) is 0 Å². The quantitative estimate of drug-likeness (QED) is 0.166. The largest absolute Gasteiger partial charge is 0.456 e. The van der Waals surface area contributed by atoms with E-state index in [-0.39, 0.29) is 0 Å². The number of anilines is 3. The highest BCUT2D eigenvalue weighted by molar-refractivity contribution is 6.13. The van der Waals surface area contributed by atoms with Crippen LogP contribution >= 0.6 is 0 Å². The molecule has 0 saturated heterocycles. The summed E-state index contributed by atoms with van der Waals surface area (Å²) in [4.78, 5) is 2.37. The molecule has 0 saturated carbocycles. The fourth-order valence-corrected chi connectivity index (χ4v) is 7.79. The molecule has 254 valence electrons. The van der Waals surface area contributed by atoms with Crippen LogP contribution in [0, 0.1) is 0 Å². The van der Waals surface area contributed by atoms with Crippen LogP contribution in [0.15, 0.2) is 217 Å². The zero-order valence-electron chi connectivity index (χ0n) is 29.6. The van der Waals surface area contributed by atoms with Gasteiger partial charge in [-0.15, -0.1) is 0 Å². The van der Waals surface area contributed by atoms with Crippen LogP contribution in [0.4, 0.5) is 17.1 Å². The molecule has 0 bridgehead atoms. The lowest BCUT2D eigenvalue weighted by atomic mass is 9.92. The van der Waals surface area contributed by atoms with Gasteiger partial charge in [-0.3, -0.25) is 0 Å². The number of para-hydroxylation sites is 2. The average molecular weight is 690 g/mol. The van der Waals surface area contributed by atoms with Crippen molar-refractivity contribution in [2.45, 2.75) is 0 Å². The SMILES string of the molecule is c1ccc(-c2ccc(-c3ccc(N(c4ccccc4)c4ccc(-c5cccc6cc7oc8ccccc8c7cc56)cc4-c4ccccc4)cc3)cc2)cc1. The molecule has 10 aromatic rings. The molecule has 0 aliphatic heterocycles. The number of nitrogens with zero attached hydrogens (tertiary/aromatic N) is 1. The van der Waals surface area contributed by atoms with E-state index in [9.17, 15) is 0 Å². The zero-order valence-corrected chi connectivity index (χ0v) is 29.6. The minimum Gasteiger partial charge on any atom is -0.456 e. The van der Waals surface area contributed by atoms with Crippen molar-refractivity contribution in [1.29, 1.82) is 0 Å². The summed E-state index contributed by atoms with van der Waals surface area (Å²) in [5, 5.41) is 4.63. The maximum Gasteiger partial charge on any atom is 0.136 e. The van der Waals surface area contributed by atoms with Crippen LogP contribution in [0.5, 0.6) is 0 Å². The lowest BCUT2D eigenvalue weighted by Gasteiger charge is -2.28. The average Bonchev–Trinajstić information content (AvgIpc) is 3.61. The number of fused-ring (bicyclic) bond motifs is 4. The van der Waals surface area contributed by atoms with Gasteiger partial charge in [-0.1, -0.05) is 158 Å². The van der Waals surface area contributed by atoms with Crippen LogP contribution in [0.1, 0.15) is 0 Å². The maximum absolute atomic E-state index is 6.26. The first-order chi connectivity index (χ1) is 26.8. The molecule has 0 radical (unpaired) electrons. The van der Waals surface area contributed by atoms with Gasteiger partial charge >= 0.3 is 0 Å². The Labute approximate surface area is 314 Å². The Morgan fingerprint density at radius 1 is 0.296 bits per heavy atom. The fourth-order valence-electron chi connectivity index (χ4n) is 7.79. The van der Waals surface area contributed by atoms with Gasteiger partial charge < -0.3 is 9.32 Å². The van der Waals surface area contributed by atoms with E-state index in [1.54, 1.807) is 0 Å². The Morgan fingerprint density at radius 3 is 1.56 bits per heavy atom. The van der Waals surface area contributed by atoms with Crippen molar-refractivity contribution >= 4 is 49.8 Å². The van der Waals surface area contributed by atoms with Gasteiger partial charge in [0.05, 0.1) is 5.69 Å². The predicted molar refractivity (Wildman–Crippen MR) is 228 cm³/mol. The standard InChI is InChI=1S/C52H35NO/c1-4-13-36(14-5-1)37-23-25-38(26-24-37)39-27-30-44(31-28-39)53(43-18-8-3-9-19-43)50-32-29-42(33-48(50)40-15-6-2-7-16-40)45-21-12-17-41-34-52-49(35-47(41)45)46-20-10-11-22-51(46)54-52/h1-35H. The molecule has 0 atom stereocenters. The molecule has 1 aromatic heterocycles. The van der Waals surface area contributed by atoms with Crippen LogP contribution in [0.25, 0.3) is 77.2 Å². The Morgan fingerprint density at radius 2 is 0.852 bits per heavy atom. The predicted octanol–water partition coefficient (Wildman–Crippen LogP) is 14.9. The summed E-state index contributed by atoms with van der Waals surface area (Å²) in [6.45, 7) is 0. The molecule has 0 aliphatic carbocycles. The first-order valence-corrected chi connectivity index (χ1v) is 18.4. The Balaban J connectivity index is 1.09. The maximum atomic E-state index is 6.26. The third kappa shape index (κ3) is 5.71. The van der Waals surface area contributed by atoms with Crippen molar-refractivity contribution in [3.63, 3.8) is 0 Å². The molecule has 2 heteroatoms. The number of hydrogen-bond acceptors (Lipinski definition) is 2. The fraction of sp³-hybridized carbons (Fsp3) is 0. The summed E-state index contributed by atoms with van der Waals surface area (Å²) >= 11 is 0. The van der Waals surface area contributed by atoms with E-state index in [2.05, 4.69) is 205 Å². The van der Waals surface area contributed by atoms with Crippen molar-refractivity contribution in [2.24, 2.45) is 0 Å². The molecule has 54 heavy (non-hydrogen) atoms. The van der Waals surface area contributed by atoms with E-state index in [4.69, 9.17) is 4.42 Å². The van der Waals surface area contributed by atoms with Crippen molar-refractivity contribution in [3.05, 3.63) is 212 Å². The van der Waals surface area contributed by atoms with E-state index in [0.717, 1.165) is 61.1 Å². The first kappa shape index (κ1) is 31.6. The lowest BCUT2D eigenvalue weighted by molar-refractivity contribution is 0.669. The molecule has 0 spiro atoms. The molecule has 0 fully saturated rings. The van der Waals surface area contributed by atoms with E-state index in [0.29, 0.717) is 0 Å². The van der Waals surface area contributed by atoms with E-state index in [1.165, 1.54) is 33.2 Å². The van der Waals surface area contributed by atoms with E-state index in [1.807, 2.05) is 12.1 Å². The molecule has 9 aromatic carbocycles. The van der Waals surface area contributed by atoms with Crippen LogP contribution < -0.4 is 4.90 Å². The van der Waals surface area contributed by atoms with Crippen LogP contribution in [-0.4, -0.2) is 0 Å².